The van der Waals surface area contributed by atoms with E-state index >= 15 is 0 Å². The second kappa shape index (κ2) is 13.4. The van der Waals surface area contributed by atoms with Crippen LogP contribution >= 0.6 is 0 Å². The minimum absolute atomic E-state index is 0.0170. The summed E-state index contributed by atoms with van der Waals surface area (Å²) < 4.78 is 6.17. The number of nitrogens with one attached hydrogen (secondary N) is 2. The molecule has 0 radical (unpaired) electrons. The number of aliphatic carboxylic acids is 1. The van der Waals surface area contributed by atoms with Gasteiger partial charge in [0.25, 0.3) is 0 Å². The Kier molecular flexibility index (Phi) is 10.2. The number of Topliss-reactive ketones (excluding diaryl/α,β-unsaturated/α-hetero) is 1. The van der Waals surface area contributed by atoms with Crippen LogP contribution in [0.2, 0.25) is 0 Å². The largest absolute Gasteiger partial charge is 0.481 e. The van der Waals surface area contributed by atoms with Crippen molar-refractivity contribution in [1.29, 1.82) is 0 Å². The summed E-state index contributed by atoms with van der Waals surface area (Å²) in [5.74, 6) is 0.538. The fourth-order valence-electron chi connectivity index (χ4n) is 13.8. The molecule has 5 fully saturated rings. The number of fused-ring (bicyclic) bond motifs is 7. The smallest absolute Gasteiger partial charge is 0.315 e. The number of urea groups is 1. The molecule has 0 aromatic rings. The van der Waals surface area contributed by atoms with E-state index in [1.807, 2.05) is 0 Å². The Labute approximate surface area is 313 Å². The Balaban J connectivity index is 1.25. The van der Waals surface area contributed by atoms with Crippen molar-refractivity contribution in [3.05, 3.63) is 11.1 Å². The fourth-order valence-corrected chi connectivity index (χ4v) is 13.8. The zero-order chi connectivity index (χ0) is 38.2. The van der Waals surface area contributed by atoms with E-state index in [1.54, 1.807) is 13.8 Å². The van der Waals surface area contributed by atoms with Gasteiger partial charge in [-0.3, -0.25) is 14.4 Å². The maximum Gasteiger partial charge on any atom is 0.315 e. The lowest BCUT2D eigenvalue weighted by Crippen LogP contribution is -2.67. The molecule has 8 heteroatoms. The van der Waals surface area contributed by atoms with E-state index < -0.39 is 22.9 Å². The van der Waals surface area contributed by atoms with Gasteiger partial charge in [0, 0.05) is 17.9 Å². The van der Waals surface area contributed by atoms with E-state index in [1.165, 1.54) is 37.7 Å². The number of hydrogen-bond acceptors (Lipinski definition) is 5. The number of esters is 1. The molecule has 0 aliphatic heterocycles. The van der Waals surface area contributed by atoms with Gasteiger partial charge >= 0.3 is 18.0 Å². The van der Waals surface area contributed by atoms with E-state index in [9.17, 15) is 24.3 Å². The van der Waals surface area contributed by atoms with Crippen LogP contribution in [0.4, 0.5) is 4.79 Å². The van der Waals surface area contributed by atoms with E-state index in [0.717, 1.165) is 56.9 Å². The highest BCUT2D eigenvalue weighted by molar-refractivity contribution is 6.02. The number of carboxylic acids is 1. The fraction of sp³-hybridized carbons (Fsp3) is 0.864. The maximum absolute atomic E-state index is 14.0. The van der Waals surface area contributed by atoms with Crippen molar-refractivity contribution in [3.8, 4) is 0 Å². The highest BCUT2D eigenvalue weighted by Crippen LogP contribution is 2.76. The highest BCUT2D eigenvalue weighted by Gasteiger charge is 2.70. The molecule has 292 valence electrons. The first-order valence-electron chi connectivity index (χ1n) is 20.9. The number of carboxylic acid groups (broad SMARTS) is 1. The van der Waals surface area contributed by atoms with Gasteiger partial charge in [-0.05, 0) is 142 Å². The van der Waals surface area contributed by atoms with Crippen LogP contribution < -0.4 is 10.6 Å². The summed E-state index contributed by atoms with van der Waals surface area (Å²) in [7, 11) is 0. The van der Waals surface area contributed by atoms with E-state index in [2.05, 4.69) is 66.0 Å². The van der Waals surface area contributed by atoms with Crippen molar-refractivity contribution in [2.45, 2.75) is 183 Å². The first kappa shape index (κ1) is 39.3. The Bertz CT molecular complexity index is 1490. The average molecular weight is 723 g/mol. The molecule has 0 spiro atoms. The molecule has 0 unspecified atom stereocenters. The molecule has 0 bridgehead atoms. The summed E-state index contributed by atoms with van der Waals surface area (Å²) in [4.78, 5) is 52.7. The number of allylic oxidation sites excluding steroid dienone is 1. The molecule has 6 aliphatic carbocycles. The van der Waals surface area contributed by atoms with E-state index in [-0.39, 0.29) is 63.9 Å². The molecule has 5 saturated carbocycles. The molecule has 0 heterocycles. The normalized spacial score (nSPS) is 39.5. The first-order chi connectivity index (χ1) is 24.1. The molecule has 0 saturated heterocycles. The molecule has 0 aromatic heterocycles. The quantitative estimate of drug-likeness (QED) is 0.215. The van der Waals surface area contributed by atoms with Crippen molar-refractivity contribution >= 4 is 23.8 Å². The molecule has 3 N–H and O–H groups in total. The zero-order valence-corrected chi connectivity index (χ0v) is 34.1. The lowest BCUT2D eigenvalue weighted by atomic mass is 9.33. The topological polar surface area (TPSA) is 122 Å². The number of carbonyl (C=O) groups excluding carboxylic acids is 3. The van der Waals surface area contributed by atoms with Gasteiger partial charge in [-0.1, -0.05) is 67.7 Å². The average Bonchev–Trinajstić information content (AvgIpc) is 3.34. The van der Waals surface area contributed by atoms with Gasteiger partial charge in [0.05, 0.1) is 17.4 Å². The van der Waals surface area contributed by atoms with Crippen LogP contribution in [-0.4, -0.2) is 46.5 Å². The molecule has 9 atom stereocenters. The van der Waals surface area contributed by atoms with Crippen molar-refractivity contribution in [1.82, 2.24) is 10.6 Å². The van der Waals surface area contributed by atoms with Gasteiger partial charge < -0.3 is 20.5 Å². The second-order valence-corrected chi connectivity index (χ2v) is 20.8. The summed E-state index contributed by atoms with van der Waals surface area (Å²) in [6.45, 7) is 21.8. The van der Waals surface area contributed by atoms with Crippen LogP contribution in [0.3, 0.4) is 0 Å². The molecule has 6 aliphatic rings. The molecule has 0 aromatic carbocycles. The van der Waals surface area contributed by atoms with Gasteiger partial charge in [-0.15, -0.1) is 0 Å². The van der Waals surface area contributed by atoms with Crippen molar-refractivity contribution in [2.24, 2.45) is 56.7 Å². The maximum atomic E-state index is 14.0. The van der Waals surface area contributed by atoms with Gasteiger partial charge in [0.2, 0.25) is 0 Å². The van der Waals surface area contributed by atoms with Crippen molar-refractivity contribution in [3.63, 3.8) is 0 Å². The summed E-state index contributed by atoms with van der Waals surface area (Å²) in [5.41, 5.74) is 0.324. The number of hydrogen-bond donors (Lipinski definition) is 3. The van der Waals surface area contributed by atoms with Crippen molar-refractivity contribution < 1.29 is 29.0 Å². The van der Waals surface area contributed by atoms with E-state index in [0.29, 0.717) is 24.2 Å². The lowest BCUT2D eigenvalue weighted by molar-refractivity contribution is -0.232. The summed E-state index contributed by atoms with van der Waals surface area (Å²) in [6.07, 6.45) is 13.9. The Morgan fingerprint density at radius 3 is 2.15 bits per heavy atom. The minimum Gasteiger partial charge on any atom is -0.481 e. The third kappa shape index (κ3) is 6.16. The zero-order valence-electron chi connectivity index (χ0n) is 34.1. The van der Waals surface area contributed by atoms with Gasteiger partial charge in [-0.25, -0.2) is 4.79 Å². The molecule has 6 rings (SSSR count). The van der Waals surface area contributed by atoms with Crippen LogP contribution in [0.5, 0.6) is 0 Å². The number of ketones is 1. The van der Waals surface area contributed by atoms with Gasteiger partial charge in [0.1, 0.15) is 6.10 Å². The van der Waals surface area contributed by atoms with E-state index in [4.69, 9.17) is 4.74 Å². The Hall–Kier alpha value is -2.38. The Morgan fingerprint density at radius 1 is 0.846 bits per heavy atom. The van der Waals surface area contributed by atoms with Gasteiger partial charge in [0.15, 0.2) is 5.78 Å². The summed E-state index contributed by atoms with van der Waals surface area (Å²) >= 11 is 0. The molecule has 8 nitrogen and oxygen atoms in total. The summed E-state index contributed by atoms with van der Waals surface area (Å²) in [6, 6.07) is 0.000464. The Morgan fingerprint density at radius 2 is 1.52 bits per heavy atom. The van der Waals surface area contributed by atoms with Crippen LogP contribution in [-0.2, 0) is 19.1 Å². The predicted molar refractivity (Wildman–Crippen MR) is 203 cm³/mol. The molecule has 2 amide bonds. The second-order valence-electron chi connectivity index (χ2n) is 20.8. The monoisotopic (exact) mass is 723 g/mol. The third-order valence-corrected chi connectivity index (χ3v) is 16.9. The number of amides is 2. The number of ether oxygens (including phenoxy) is 1. The first-order valence-corrected chi connectivity index (χ1v) is 20.9. The van der Waals surface area contributed by atoms with Crippen LogP contribution in [0.15, 0.2) is 11.1 Å². The predicted octanol–water partition coefficient (Wildman–Crippen LogP) is 9.40. The molecular formula is C44H70N2O6. The molecular weight excluding hydrogens is 652 g/mol. The van der Waals surface area contributed by atoms with Crippen molar-refractivity contribution in [2.75, 3.05) is 0 Å². The highest BCUT2D eigenvalue weighted by atomic mass is 16.5. The molecule has 52 heavy (non-hydrogen) atoms. The van der Waals surface area contributed by atoms with Crippen LogP contribution in [0, 0.1) is 56.7 Å². The third-order valence-electron chi connectivity index (χ3n) is 16.9. The minimum atomic E-state index is -1.16. The summed E-state index contributed by atoms with van der Waals surface area (Å²) in [5, 5.41) is 16.5. The SMILES string of the molecule is CC(C)C1=C2[C@H]3CC[C@@H]4[C@@]5(C)CC[C@H](OC(=O)CC(C)(C)C(=O)O)C(C)(C)[C@@H]5CC[C@@]4(C)[C@]3(C)CC[C@@]2(NC(=O)N[C@@H](C)C2CCCCC2)CC1=O. The van der Waals surface area contributed by atoms with Gasteiger partial charge in [-0.2, -0.15) is 0 Å². The number of rotatable bonds is 8. The van der Waals surface area contributed by atoms with Crippen LogP contribution in [0.25, 0.3) is 0 Å². The van der Waals surface area contributed by atoms with Crippen LogP contribution in [0.1, 0.15) is 166 Å². The lowest BCUT2D eigenvalue weighted by Gasteiger charge is -2.72. The standard InChI is InChI=1S/C44H70N2O6/c1-26(2)35-30(47)24-44(46-38(51)45-27(3)28-14-12-11-13-15-28)23-22-42(9)29(36(35)44)16-17-32-41(8)20-19-33(52-34(48)25-39(4,5)37(49)50)40(6,7)31(41)18-21-43(32,42)10/h26-29,31-33H,11-25H2,1-10H3,(H,49,50)(H2,45,46,51)/t27-,29+,31-,32+,33-,41-,42+,43+,44+/m0/s1. The number of carbonyl (C=O) groups is 4.